The summed E-state index contributed by atoms with van der Waals surface area (Å²) in [6.07, 6.45) is 3.49. The Kier molecular flexibility index (Phi) is 9.55. The number of ether oxygens (including phenoxy) is 2. The standard InChI is InChI=1S/C36H37N5O5S/c1-39-26-37-22-31(39)25-40-24-30(20-27-12-14-33(15-13-27)46-36(42)38-21-28-8-4-3-5-9-28)41(23-29-10-6-7-11-35(29)40)47(43,44)34-18-16-32(45-2)17-19-34/h3-19,22,26,30H,20-21,23-25H2,1-2H3,(H,38,42)/t30-/m1/s1. The van der Waals surface area contributed by atoms with Gasteiger partial charge in [0.2, 0.25) is 10.0 Å². The lowest BCUT2D eigenvalue weighted by Crippen LogP contribution is -2.45. The summed E-state index contributed by atoms with van der Waals surface area (Å²) in [4.78, 5) is 19.2. The number of nitrogens with one attached hydrogen (secondary N) is 1. The fourth-order valence-electron chi connectivity index (χ4n) is 5.79. The van der Waals surface area contributed by atoms with Gasteiger partial charge in [0.05, 0.1) is 30.6 Å². The minimum Gasteiger partial charge on any atom is -0.497 e. The van der Waals surface area contributed by atoms with Crippen LogP contribution in [0, 0.1) is 0 Å². The number of imidazole rings is 1. The molecule has 1 aliphatic heterocycles. The molecule has 1 N–H and O–H groups in total. The molecule has 0 radical (unpaired) electrons. The third-order valence-corrected chi connectivity index (χ3v) is 10.2. The number of carbonyl (C=O) groups excluding carboxylic acids is 1. The van der Waals surface area contributed by atoms with Gasteiger partial charge in [0, 0.05) is 44.6 Å². The van der Waals surface area contributed by atoms with Gasteiger partial charge in [0.1, 0.15) is 11.5 Å². The number of rotatable bonds is 10. The molecule has 5 aromatic rings. The predicted molar refractivity (Wildman–Crippen MR) is 180 cm³/mol. The van der Waals surface area contributed by atoms with Crippen molar-refractivity contribution in [3.63, 3.8) is 0 Å². The third-order valence-electron chi connectivity index (χ3n) is 8.32. The molecule has 242 valence electrons. The minimum absolute atomic E-state index is 0.200. The lowest BCUT2D eigenvalue weighted by Gasteiger charge is -2.32. The van der Waals surface area contributed by atoms with Crippen LogP contribution in [0.2, 0.25) is 0 Å². The van der Waals surface area contributed by atoms with Crippen LogP contribution in [0.25, 0.3) is 0 Å². The maximum atomic E-state index is 14.4. The monoisotopic (exact) mass is 651 g/mol. The zero-order chi connectivity index (χ0) is 32.8. The molecule has 4 aromatic carbocycles. The molecule has 10 nitrogen and oxygen atoms in total. The van der Waals surface area contributed by atoms with Crippen molar-refractivity contribution in [1.82, 2.24) is 19.2 Å². The molecule has 0 aliphatic carbocycles. The Hall–Kier alpha value is -5.13. The normalized spacial score (nSPS) is 15.0. The first-order valence-corrected chi connectivity index (χ1v) is 16.8. The number of nitrogens with zero attached hydrogens (tertiary/aromatic N) is 4. The summed E-state index contributed by atoms with van der Waals surface area (Å²) in [7, 11) is -0.408. The number of para-hydroxylation sites is 1. The van der Waals surface area contributed by atoms with Crippen molar-refractivity contribution >= 4 is 21.8 Å². The largest absolute Gasteiger partial charge is 0.497 e. The summed E-state index contributed by atoms with van der Waals surface area (Å²) < 4.78 is 43.1. The summed E-state index contributed by atoms with van der Waals surface area (Å²) in [5.74, 6) is 0.980. The van der Waals surface area contributed by atoms with Crippen LogP contribution in [-0.2, 0) is 43.1 Å². The Morgan fingerprint density at radius 1 is 0.894 bits per heavy atom. The maximum Gasteiger partial charge on any atom is 0.412 e. The van der Waals surface area contributed by atoms with E-state index in [1.807, 2.05) is 84.5 Å². The Bertz CT molecular complexity index is 1910. The molecule has 0 saturated carbocycles. The van der Waals surface area contributed by atoms with E-state index in [2.05, 4.69) is 15.2 Å². The maximum absolute atomic E-state index is 14.4. The number of sulfonamides is 1. The molecular formula is C36H37N5O5S. The van der Waals surface area contributed by atoms with Crippen molar-refractivity contribution in [2.24, 2.45) is 7.05 Å². The second-order valence-electron chi connectivity index (χ2n) is 11.5. The van der Waals surface area contributed by atoms with Crippen LogP contribution in [0.5, 0.6) is 11.5 Å². The average molecular weight is 652 g/mol. The summed E-state index contributed by atoms with van der Waals surface area (Å²) in [5, 5.41) is 2.76. The lowest BCUT2D eigenvalue weighted by atomic mass is 10.1. The number of carbonyl (C=O) groups is 1. The number of amides is 1. The molecule has 1 aliphatic rings. The highest BCUT2D eigenvalue weighted by Gasteiger charge is 2.36. The summed E-state index contributed by atoms with van der Waals surface area (Å²) in [6, 6.07) is 30.8. The second kappa shape index (κ2) is 14.1. The van der Waals surface area contributed by atoms with Crippen molar-refractivity contribution in [2.45, 2.75) is 37.0 Å². The molecular weight excluding hydrogens is 614 g/mol. The number of aromatic nitrogens is 2. The third kappa shape index (κ3) is 7.48. The van der Waals surface area contributed by atoms with Crippen LogP contribution in [0.15, 0.2) is 121 Å². The SMILES string of the molecule is COc1ccc(S(=O)(=O)N2Cc3ccccc3N(Cc3cncn3C)C[C@H]2Cc2ccc(OC(=O)NCc3ccccc3)cc2)cc1. The molecule has 0 saturated heterocycles. The van der Waals surface area contributed by atoms with E-state index in [9.17, 15) is 13.2 Å². The number of fused-ring (bicyclic) bond motifs is 1. The van der Waals surface area contributed by atoms with Crippen molar-refractivity contribution in [3.8, 4) is 11.5 Å². The number of methoxy groups -OCH3 is 1. The van der Waals surface area contributed by atoms with E-state index in [0.29, 0.717) is 37.6 Å². The summed E-state index contributed by atoms with van der Waals surface area (Å²) >= 11 is 0. The van der Waals surface area contributed by atoms with Gasteiger partial charge in [-0.1, -0.05) is 60.7 Å². The molecule has 1 amide bonds. The Morgan fingerprint density at radius 3 is 2.30 bits per heavy atom. The van der Waals surface area contributed by atoms with Crippen molar-refractivity contribution in [3.05, 3.63) is 138 Å². The average Bonchev–Trinajstić information content (AvgIpc) is 3.43. The summed E-state index contributed by atoms with van der Waals surface area (Å²) in [5.41, 5.74) is 4.79. The van der Waals surface area contributed by atoms with E-state index in [-0.39, 0.29) is 11.4 Å². The van der Waals surface area contributed by atoms with Gasteiger partial charge >= 0.3 is 6.09 Å². The van der Waals surface area contributed by atoms with Crippen molar-refractivity contribution < 1.29 is 22.7 Å². The van der Waals surface area contributed by atoms with Gasteiger partial charge in [-0.2, -0.15) is 4.31 Å². The fraction of sp³-hybridized carbons (Fsp3) is 0.222. The van der Waals surface area contributed by atoms with E-state index in [4.69, 9.17) is 9.47 Å². The van der Waals surface area contributed by atoms with Gasteiger partial charge in [0.15, 0.2) is 0 Å². The Morgan fingerprint density at radius 2 is 1.60 bits per heavy atom. The van der Waals surface area contributed by atoms with Crippen LogP contribution in [-0.4, -0.2) is 48.1 Å². The van der Waals surface area contributed by atoms with Crippen LogP contribution in [0.1, 0.15) is 22.4 Å². The lowest BCUT2D eigenvalue weighted by molar-refractivity contribution is 0.200. The number of hydrogen-bond acceptors (Lipinski definition) is 7. The number of benzene rings is 4. The minimum atomic E-state index is -3.91. The van der Waals surface area contributed by atoms with Gasteiger partial charge in [-0.15, -0.1) is 0 Å². The predicted octanol–water partition coefficient (Wildman–Crippen LogP) is 5.54. The van der Waals surface area contributed by atoms with Gasteiger partial charge in [0.25, 0.3) is 0 Å². The zero-order valence-electron chi connectivity index (χ0n) is 26.3. The first-order valence-electron chi connectivity index (χ1n) is 15.3. The van der Waals surface area contributed by atoms with E-state index in [1.165, 1.54) is 0 Å². The van der Waals surface area contributed by atoms with Crippen LogP contribution in [0.3, 0.4) is 0 Å². The molecule has 0 fully saturated rings. The van der Waals surface area contributed by atoms with Crippen LogP contribution >= 0.6 is 0 Å². The van der Waals surface area contributed by atoms with E-state index >= 15 is 0 Å². The molecule has 47 heavy (non-hydrogen) atoms. The van der Waals surface area contributed by atoms with Crippen LogP contribution < -0.4 is 19.7 Å². The fourth-order valence-corrected chi connectivity index (χ4v) is 7.38. The molecule has 1 atom stereocenters. The molecule has 1 aromatic heterocycles. The summed E-state index contributed by atoms with van der Waals surface area (Å²) in [6.45, 7) is 1.57. The molecule has 11 heteroatoms. The van der Waals surface area contributed by atoms with E-state index in [0.717, 1.165) is 28.1 Å². The van der Waals surface area contributed by atoms with Crippen LogP contribution in [0.4, 0.5) is 10.5 Å². The Labute approximate surface area is 275 Å². The van der Waals surface area contributed by atoms with E-state index in [1.54, 1.807) is 54.1 Å². The molecule has 6 rings (SSSR count). The van der Waals surface area contributed by atoms with Gasteiger partial charge in [-0.3, -0.25) is 0 Å². The highest BCUT2D eigenvalue weighted by atomic mass is 32.2. The number of aryl methyl sites for hydroxylation is 1. The Balaban J connectivity index is 1.27. The molecule has 0 spiro atoms. The highest BCUT2D eigenvalue weighted by molar-refractivity contribution is 7.89. The first kappa shape index (κ1) is 31.8. The van der Waals surface area contributed by atoms with Gasteiger partial charge in [-0.25, -0.2) is 18.2 Å². The smallest absolute Gasteiger partial charge is 0.412 e. The van der Waals surface area contributed by atoms with E-state index < -0.39 is 22.2 Å². The highest BCUT2D eigenvalue weighted by Crippen LogP contribution is 2.33. The topological polar surface area (TPSA) is 106 Å². The van der Waals surface area contributed by atoms with Crippen molar-refractivity contribution in [1.29, 1.82) is 0 Å². The number of hydrogen-bond donors (Lipinski definition) is 1. The first-order chi connectivity index (χ1) is 22.8. The zero-order valence-corrected chi connectivity index (χ0v) is 27.1. The molecule has 0 unspecified atom stereocenters. The molecule has 2 heterocycles. The van der Waals surface area contributed by atoms with Gasteiger partial charge in [-0.05, 0) is 65.6 Å². The number of anilines is 1. The molecule has 0 bridgehead atoms. The quantitative estimate of drug-likeness (QED) is 0.211. The van der Waals surface area contributed by atoms with Crippen molar-refractivity contribution in [2.75, 3.05) is 18.6 Å². The second-order valence-corrected chi connectivity index (χ2v) is 13.4. The van der Waals surface area contributed by atoms with Gasteiger partial charge < -0.3 is 24.3 Å².